The van der Waals surface area contributed by atoms with E-state index in [0.29, 0.717) is 5.20 Å². The maximum Gasteiger partial charge on any atom is 0.248 e. The molecule has 0 heterocycles. The van der Waals surface area contributed by atoms with Gasteiger partial charge in [-0.15, -0.1) is 0 Å². The van der Waals surface area contributed by atoms with E-state index < -0.39 is 8.07 Å². The van der Waals surface area contributed by atoms with Crippen LogP contribution in [0, 0.1) is 0 Å². The van der Waals surface area contributed by atoms with Crippen LogP contribution in [0.25, 0.3) is 0 Å². The zero-order chi connectivity index (χ0) is 20.8. The highest BCUT2D eigenvalue weighted by Gasteiger charge is 2.44. The van der Waals surface area contributed by atoms with Crippen LogP contribution in [0.3, 0.4) is 0 Å². The third-order valence-electron chi connectivity index (χ3n) is 5.38. The van der Waals surface area contributed by atoms with E-state index in [1.807, 2.05) is 84.9 Å². The first-order chi connectivity index (χ1) is 14.7. The molecular formula is C27H23NOSi. The van der Waals surface area contributed by atoms with Gasteiger partial charge in [0, 0.05) is 10.9 Å². The van der Waals surface area contributed by atoms with E-state index in [1.54, 1.807) is 0 Å². The molecule has 0 unspecified atom stereocenters. The monoisotopic (exact) mass is 405 g/mol. The molecule has 0 spiro atoms. The van der Waals surface area contributed by atoms with Crippen LogP contribution < -0.4 is 20.9 Å². The van der Waals surface area contributed by atoms with Gasteiger partial charge in [0.1, 0.15) is 0 Å². The molecule has 0 radical (unpaired) electrons. The molecule has 0 fully saturated rings. The lowest BCUT2D eigenvalue weighted by Gasteiger charge is -2.34. The zero-order valence-corrected chi connectivity index (χ0v) is 17.7. The molecule has 4 aromatic carbocycles. The van der Waals surface area contributed by atoms with Gasteiger partial charge in [-0.25, -0.2) is 0 Å². The maximum atomic E-state index is 13.5. The minimum absolute atomic E-state index is 0.149. The van der Waals surface area contributed by atoms with Crippen LogP contribution in [0.5, 0.6) is 0 Å². The Hall–Kier alpha value is -3.69. The number of rotatable bonds is 6. The molecule has 1 amide bonds. The van der Waals surface area contributed by atoms with Gasteiger partial charge >= 0.3 is 0 Å². The van der Waals surface area contributed by atoms with E-state index >= 15 is 0 Å². The van der Waals surface area contributed by atoms with Crippen LogP contribution in [0.15, 0.2) is 133 Å². The molecule has 0 saturated heterocycles. The first kappa shape index (κ1) is 19.6. The number of carbonyl (C=O) groups excluding carboxylic acids is 1. The summed E-state index contributed by atoms with van der Waals surface area (Å²) in [5, 5.41) is 7.06. The summed E-state index contributed by atoms with van der Waals surface area (Å²) in [5.74, 6) is -0.149. The van der Waals surface area contributed by atoms with Crippen molar-refractivity contribution in [1.29, 1.82) is 0 Å². The van der Waals surface area contributed by atoms with E-state index in [1.165, 1.54) is 0 Å². The predicted octanol–water partition coefficient (Wildman–Crippen LogP) is 3.89. The quantitative estimate of drug-likeness (QED) is 0.294. The number of amides is 1. The third kappa shape index (κ3) is 3.63. The van der Waals surface area contributed by atoms with Crippen LogP contribution in [0.4, 0.5) is 5.69 Å². The Morgan fingerprint density at radius 3 is 1.27 bits per heavy atom. The largest absolute Gasteiger partial charge is 0.323 e. The Kier molecular flexibility index (Phi) is 5.73. The standard InChI is InChI=1S/C27H23NOSi/c1-22(27(29)28-23-14-6-2-7-15-23)30(24-16-8-3-9-17-24,25-18-10-4-11-19-25)26-20-12-5-13-21-26/h2-21H,1H2,(H,28,29). The predicted molar refractivity (Wildman–Crippen MR) is 128 cm³/mol. The molecule has 146 valence electrons. The van der Waals surface area contributed by atoms with Crippen LogP contribution in [-0.2, 0) is 4.79 Å². The summed E-state index contributed by atoms with van der Waals surface area (Å²) in [6, 6.07) is 40.5. The number of hydrogen-bond donors (Lipinski definition) is 1. The molecule has 0 aliphatic carbocycles. The van der Waals surface area contributed by atoms with Crippen molar-refractivity contribution >= 4 is 35.2 Å². The Morgan fingerprint density at radius 2 is 0.900 bits per heavy atom. The van der Waals surface area contributed by atoms with Crippen LogP contribution in [0.1, 0.15) is 0 Å². The molecule has 0 aliphatic rings. The molecule has 0 aliphatic heterocycles. The maximum absolute atomic E-state index is 13.5. The third-order valence-corrected chi connectivity index (χ3v) is 10.1. The van der Waals surface area contributed by atoms with Crippen molar-refractivity contribution in [1.82, 2.24) is 0 Å². The lowest BCUT2D eigenvalue weighted by Crippen LogP contribution is -2.70. The fourth-order valence-corrected chi connectivity index (χ4v) is 8.51. The molecule has 4 rings (SSSR count). The zero-order valence-electron chi connectivity index (χ0n) is 16.7. The smallest absolute Gasteiger partial charge is 0.248 e. The first-order valence-corrected chi connectivity index (χ1v) is 12.0. The van der Waals surface area contributed by atoms with Gasteiger partial charge in [-0.05, 0) is 27.7 Å². The van der Waals surface area contributed by atoms with Gasteiger partial charge in [0.15, 0.2) is 8.07 Å². The molecule has 0 atom stereocenters. The Morgan fingerprint density at radius 1 is 0.567 bits per heavy atom. The molecule has 1 N–H and O–H groups in total. The number of carbonyl (C=O) groups is 1. The molecule has 4 aromatic rings. The summed E-state index contributed by atoms with van der Waals surface area (Å²) in [6.45, 7) is 4.40. The minimum atomic E-state index is -2.85. The Balaban J connectivity index is 1.93. The molecular weight excluding hydrogens is 382 g/mol. The molecule has 2 nitrogen and oxygen atoms in total. The second-order valence-corrected chi connectivity index (χ2v) is 11.0. The fourth-order valence-electron chi connectivity index (χ4n) is 3.99. The van der Waals surface area contributed by atoms with Crippen molar-refractivity contribution in [2.24, 2.45) is 0 Å². The van der Waals surface area contributed by atoms with Gasteiger partial charge < -0.3 is 5.32 Å². The van der Waals surface area contributed by atoms with Crippen molar-refractivity contribution in [3.8, 4) is 0 Å². The lowest BCUT2D eigenvalue weighted by atomic mass is 10.3. The Bertz CT molecular complexity index is 1030. The summed E-state index contributed by atoms with van der Waals surface area (Å²) in [4.78, 5) is 13.5. The summed E-state index contributed by atoms with van der Waals surface area (Å²) in [7, 11) is -2.85. The molecule has 30 heavy (non-hydrogen) atoms. The van der Waals surface area contributed by atoms with Gasteiger partial charge in [0.25, 0.3) is 0 Å². The summed E-state index contributed by atoms with van der Waals surface area (Å²) < 4.78 is 0. The molecule has 0 bridgehead atoms. The number of benzene rings is 4. The van der Waals surface area contributed by atoms with Crippen molar-refractivity contribution in [2.75, 3.05) is 5.32 Å². The average molecular weight is 406 g/mol. The van der Waals surface area contributed by atoms with Crippen LogP contribution in [-0.4, -0.2) is 14.0 Å². The average Bonchev–Trinajstić information content (AvgIpc) is 2.82. The highest BCUT2D eigenvalue weighted by molar-refractivity contribution is 7.18. The van der Waals surface area contributed by atoms with Gasteiger partial charge in [-0.2, -0.15) is 0 Å². The van der Waals surface area contributed by atoms with Crippen molar-refractivity contribution in [3.63, 3.8) is 0 Å². The molecule has 0 saturated carbocycles. The number of anilines is 1. The Labute approximate surface area is 178 Å². The van der Waals surface area contributed by atoms with Gasteiger partial charge in [-0.1, -0.05) is 116 Å². The van der Waals surface area contributed by atoms with Crippen LogP contribution in [0.2, 0.25) is 0 Å². The van der Waals surface area contributed by atoms with E-state index in [-0.39, 0.29) is 5.91 Å². The van der Waals surface area contributed by atoms with Gasteiger partial charge in [0.05, 0.1) is 0 Å². The van der Waals surface area contributed by atoms with E-state index in [4.69, 9.17) is 0 Å². The number of hydrogen-bond acceptors (Lipinski definition) is 1. The topological polar surface area (TPSA) is 29.1 Å². The van der Waals surface area contributed by atoms with Crippen molar-refractivity contribution in [3.05, 3.63) is 133 Å². The summed E-state index contributed by atoms with van der Waals surface area (Å²) >= 11 is 0. The normalized spacial score (nSPS) is 10.9. The number of para-hydroxylation sites is 1. The van der Waals surface area contributed by atoms with Gasteiger partial charge in [-0.3, -0.25) is 4.79 Å². The van der Waals surface area contributed by atoms with Crippen molar-refractivity contribution < 1.29 is 4.79 Å². The van der Waals surface area contributed by atoms with E-state index in [2.05, 4.69) is 48.3 Å². The molecule has 3 heteroatoms. The summed E-state index contributed by atoms with van der Waals surface area (Å²) in [5.41, 5.74) is 0.765. The lowest BCUT2D eigenvalue weighted by molar-refractivity contribution is -0.112. The minimum Gasteiger partial charge on any atom is -0.323 e. The molecule has 0 aromatic heterocycles. The van der Waals surface area contributed by atoms with Crippen LogP contribution >= 0.6 is 0 Å². The SMILES string of the molecule is C=C(C(=O)Nc1ccccc1)[Si](c1ccccc1)(c1ccccc1)c1ccccc1. The van der Waals surface area contributed by atoms with E-state index in [9.17, 15) is 4.79 Å². The second-order valence-electron chi connectivity index (χ2n) is 7.15. The second kappa shape index (κ2) is 8.76. The highest BCUT2D eigenvalue weighted by atomic mass is 28.3. The first-order valence-electron chi connectivity index (χ1n) is 9.95. The number of nitrogens with one attached hydrogen (secondary N) is 1. The highest BCUT2D eigenvalue weighted by Crippen LogP contribution is 2.18. The fraction of sp³-hybridized carbons (Fsp3) is 0. The van der Waals surface area contributed by atoms with E-state index in [0.717, 1.165) is 21.2 Å². The van der Waals surface area contributed by atoms with Crippen molar-refractivity contribution in [2.45, 2.75) is 0 Å². The summed E-state index contributed by atoms with van der Waals surface area (Å²) in [6.07, 6.45) is 0. The van der Waals surface area contributed by atoms with Gasteiger partial charge in [0.2, 0.25) is 5.91 Å².